The third-order valence-corrected chi connectivity index (χ3v) is 6.37. The lowest BCUT2D eigenvalue weighted by Crippen LogP contribution is -2.29. The number of hydrogen-bond acceptors (Lipinski definition) is 6. The summed E-state index contributed by atoms with van der Waals surface area (Å²) in [6.45, 7) is 2.33. The number of aliphatic hydroxyl groups is 1. The number of benzene rings is 3. The molecule has 4 rings (SSSR count). The summed E-state index contributed by atoms with van der Waals surface area (Å²) in [4.78, 5) is 27.4. The minimum Gasteiger partial charge on any atom is -0.507 e. The molecule has 0 saturated carbocycles. The molecule has 1 saturated heterocycles. The number of nitrogens with two attached hydrogens (primary N) is 1. The van der Waals surface area contributed by atoms with E-state index >= 15 is 0 Å². The van der Waals surface area contributed by atoms with Crippen molar-refractivity contribution in [2.45, 2.75) is 17.9 Å². The van der Waals surface area contributed by atoms with Gasteiger partial charge in [-0.15, -0.1) is 0 Å². The summed E-state index contributed by atoms with van der Waals surface area (Å²) < 4.78 is 28.7. The molecule has 1 unspecified atom stereocenters. The lowest BCUT2D eigenvalue weighted by Gasteiger charge is -2.25. The van der Waals surface area contributed by atoms with Crippen molar-refractivity contribution in [3.63, 3.8) is 0 Å². The van der Waals surface area contributed by atoms with Crippen molar-refractivity contribution in [2.24, 2.45) is 5.14 Å². The number of carbonyl (C=O) groups is 2. The van der Waals surface area contributed by atoms with E-state index in [9.17, 15) is 23.1 Å². The number of carbonyl (C=O) groups excluding carboxylic acids is 2. The molecule has 3 N–H and O–H groups in total. The van der Waals surface area contributed by atoms with Crippen molar-refractivity contribution in [3.8, 4) is 5.75 Å². The second-order valence-electron chi connectivity index (χ2n) is 7.58. The van der Waals surface area contributed by atoms with Crippen LogP contribution in [0.5, 0.6) is 5.75 Å². The van der Waals surface area contributed by atoms with E-state index in [1.165, 1.54) is 29.2 Å². The number of primary sulfonamides is 1. The van der Waals surface area contributed by atoms with E-state index in [0.717, 1.165) is 0 Å². The topological polar surface area (TPSA) is 127 Å². The third kappa shape index (κ3) is 4.30. The standard InChI is InChI=1S/C25H22N2O6S/c1-2-33-19-12-8-17(9-13-19)23(28)21-22(16-6-4-3-5-7-16)27(25(30)24(21)29)18-10-14-20(15-11-18)34(26,31)32/h3-15,22,28H,2H2,1H3,(H2,26,31,32)/b23-21+. The molecule has 0 radical (unpaired) electrons. The number of hydrogen-bond donors (Lipinski definition) is 2. The molecule has 1 heterocycles. The average Bonchev–Trinajstić information content (AvgIpc) is 3.10. The molecule has 0 aromatic heterocycles. The highest BCUT2D eigenvalue weighted by Crippen LogP contribution is 2.42. The number of sulfonamides is 1. The van der Waals surface area contributed by atoms with Gasteiger partial charge in [0, 0.05) is 11.3 Å². The van der Waals surface area contributed by atoms with Crippen LogP contribution in [-0.2, 0) is 19.6 Å². The Bertz CT molecular complexity index is 1370. The summed E-state index contributed by atoms with van der Waals surface area (Å²) in [7, 11) is -3.93. The number of anilines is 1. The minimum absolute atomic E-state index is 0.0733. The van der Waals surface area contributed by atoms with Crippen molar-refractivity contribution in [1.82, 2.24) is 0 Å². The van der Waals surface area contributed by atoms with Gasteiger partial charge in [-0.05, 0) is 61.0 Å². The zero-order chi connectivity index (χ0) is 24.5. The van der Waals surface area contributed by atoms with Crippen LogP contribution in [0.15, 0.2) is 89.3 Å². The maximum Gasteiger partial charge on any atom is 0.300 e. The van der Waals surface area contributed by atoms with Gasteiger partial charge in [0.2, 0.25) is 10.0 Å². The Balaban J connectivity index is 1.86. The van der Waals surface area contributed by atoms with Crippen LogP contribution >= 0.6 is 0 Å². The fourth-order valence-corrected chi connectivity index (χ4v) is 4.39. The number of ketones is 1. The molecule has 174 valence electrons. The number of ether oxygens (including phenoxy) is 1. The van der Waals surface area contributed by atoms with Crippen LogP contribution in [0.2, 0.25) is 0 Å². The van der Waals surface area contributed by atoms with Crippen LogP contribution in [-0.4, -0.2) is 31.8 Å². The van der Waals surface area contributed by atoms with Crippen molar-refractivity contribution < 1.29 is 27.9 Å². The summed E-state index contributed by atoms with van der Waals surface area (Å²) in [6.07, 6.45) is 0. The first kappa shape index (κ1) is 23.2. The van der Waals surface area contributed by atoms with Crippen molar-refractivity contribution >= 4 is 33.2 Å². The number of amides is 1. The Morgan fingerprint density at radius 3 is 2.15 bits per heavy atom. The highest BCUT2D eigenvalue weighted by atomic mass is 32.2. The fourth-order valence-electron chi connectivity index (χ4n) is 3.88. The molecule has 1 atom stereocenters. The molecule has 34 heavy (non-hydrogen) atoms. The Morgan fingerprint density at radius 1 is 0.971 bits per heavy atom. The predicted molar refractivity (Wildman–Crippen MR) is 127 cm³/mol. The third-order valence-electron chi connectivity index (χ3n) is 5.44. The maximum absolute atomic E-state index is 13.1. The van der Waals surface area contributed by atoms with Gasteiger partial charge in [0.15, 0.2) is 0 Å². The van der Waals surface area contributed by atoms with E-state index in [1.807, 2.05) is 6.92 Å². The number of aliphatic hydroxyl groups excluding tert-OH is 1. The Kier molecular flexibility index (Phi) is 6.23. The molecule has 0 bridgehead atoms. The molecule has 1 fully saturated rings. The summed E-state index contributed by atoms with van der Waals surface area (Å²) >= 11 is 0. The van der Waals surface area contributed by atoms with Crippen molar-refractivity contribution in [1.29, 1.82) is 0 Å². The van der Waals surface area contributed by atoms with E-state index < -0.39 is 27.8 Å². The molecule has 1 aliphatic rings. The van der Waals surface area contributed by atoms with Gasteiger partial charge in [0.1, 0.15) is 11.5 Å². The summed E-state index contributed by atoms with van der Waals surface area (Å²) in [6, 6.07) is 19.8. The zero-order valence-electron chi connectivity index (χ0n) is 18.2. The highest BCUT2D eigenvalue weighted by molar-refractivity contribution is 7.89. The molecule has 0 spiro atoms. The molecular weight excluding hydrogens is 456 g/mol. The average molecular weight is 479 g/mol. The van der Waals surface area contributed by atoms with Crippen LogP contribution < -0.4 is 14.8 Å². The Hall–Kier alpha value is -3.95. The first-order valence-corrected chi connectivity index (χ1v) is 12.0. The van der Waals surface area contributed by atoms with Gasteiger partial charge < -0.3 is 9.84 Å². The van der Waals surface area contributed by atoms with E-state index in [1.54, 1.807) is 54.6 Å². The van der Waals surface area contributed by atoms with Gasteiger partial charge in [0.25, 0.3) is 11.7 Å². The smallest absolute Gasteiger partial charge is 0.300 e. The number of Topliss-reactive ketones (excluding diaryl/α,β-unsaturated/α-hetero) is 1. The zero-order valence-corrected chi connectivity index (χ0v) is 19.0. The second kappa shape index (κ2) is 9.12. The van der Waals surface area contributed by atoms with Crippen LogP contribution in [0.1, 0.15) is 24.1 Å². The van der Waals surface area contributed by atoms with Crippen LogP contribution in [0, 0.1) is 0 Å². The van der Waals surface area contributed by atoms with Gasteiger partial charge in [0.05, 0.1) is 23.1 Å². The molecule has 0 aliphatic carbocycles. The van der Waals surface area contributed by atoms with Gasteiger partial charge in [-0.25, -0.2) is 13.6 Å². The van der Waals surface area contributed by atoms with Gasteiger partial charge in [-0.2, -0.15) is 0 Å². The molecule has 1 amide bonds. The lowest BCUT2D eigenvalue weighted by molar-refractivity contribution is -0.132. The molecule has 3 aromatic rings. The first-order valence-electron chi connectivity index (χ1n) is 10.4. The largest absolute Gasteiger partial charge is 0.507 e. The summed E-state index contributed by atoms with van der Waals surface area (Å²) in [5.74, 6) is -1.41. The van der Waals surface area contributed by atoms with E-state index in [-0.39, 0.29) is 21.9 Å². The van der Waals surface area contributed by atoms with E-state index in [0.29, 0.717) is 23.5 Å². The quantitative estimate of drug-likeness (QED) is 0.318. The fraction of sp³-hybridized carbons (Fsp3) is 0.120. The van der Waals surface area contributed by atoms with Gasteiger partial charge in [-0.3, -0.25) is 14.5 Å². The Morgan fingerprint density at radius 2 is 1.59 bits per heavy atom. The molecule has 9 heteroatoms. The predicted octanol–water partition coefficient (Wildman–Crippen LogP) is 3.36. The van der Waals surface area contributed by atoms with Crippen LogP contribution in [0.4, 0.5) is 5.69 Å². The molecule has 8 nitrogen and oxygen atoms in total. The van der Waals surface area contributed by atoms with Crippen LogP contribution in [0.25, 0.3) is 5.76 Å². The van der Waals surface area contributed by atoms with Crippen molar-refractivity contribution in [3.05, 3.63) is 95.6 Å². The molecule has 3 aromatic carbocycles. The van der Waals surface area contributed by atoms with E-state index in [2.05, 4.69) is 0 Å². The van der Waals surface area contributed by atoms with Gasteiger partial charge >= 0.3 is 0 Å². The van der Waals surface area contributed by atoms with Crippen molar-refractivity contribution in [2.75, 3.05) is 11.5 Å². The molecular formula is C25H22N2O6S. The molecule has 1 aliphatic heterocycles. The number of rotatable bonds is 6. The Labute approximate surface area is 196 Å². The minimum atomic E-state index is -3.93. The number of nitrogens with zero attached hydrogens (tertiary/aromatic N) is 1. The highest BCUT2D eigenvalue weighted by Gasteiger charge is 2.46. The van der Waals surface area contributed by atoms with Crippen LogP contribution in [0.3, 0.4) is 0 Å². The van der Waals surface area contributed by atoms with E-state index in [4.69, 9.17) is 9.88 Å². The SMILES string of the molecule is CCOc1ccc(/C(O)=C2\C(=O)C(=O)N(c3ccc(S(N)(=O)=O)cc3)C2c2ccccc2)cc1. The summed E-state index contributed by atoms with van der Waals surface area (Å²) in [5.41, 5.74) is 1.17. The summed E-state index contributed by atoms with van der Waals surface area (Å²) in [5, 5.41) is 16.3. The monoisotopic (exact) mass is 478 g/mol. The maximum atomic E-state index is 13.1. The van der Waals surface area contributed by atoms with Gasteiger partial charge in [-0.1, -0.05) is 30.3 Å². The first-order chi connectivity index (χ1) is 16.2. The second-order valence-corrected chi connectivity index (χ2v) is 9.14. The normalized spacial score (nSPS) is 17.7. The lowest BCUT2D eigenvalue weighted by atomic mass is 9.95.